The summed E-state index contributed by atoms with van der Waals surface area (Å²) in [4.78, 5) is 6.89. The fourth-order valence-electron chi connectivity index (χ4n) is 5.13. The van der Waals surface area contributed by atoms with Crippen molar-refractivity contribution in [2.75, 3.05) is 4.90 Å². The van der Waals surface area contributed by atoms with Gasteiger partial charge in [-0.3, -0.25) is 4.98 Å². The molecule has 1 aliphatic heterocycles. The Morgan fingerprint density at radius 1 is 0.763 bits per heavy atom. The Bertz CT molecular complexity index is 1560. The number of nitrogens with zero attached hydrogens (tertiary/aromatic N) is 3. The van der Waals surface area contributed by atoms with Crippen LogP contribution < -0.4 is 15.0 Å². The number of anilines is 1. The molecule has 6 rings (SSSR count). The number of hydrogen-bond acceptors (Lipinski definition) is 3. The molecule has 2 aromatic heterocycles. The van der Waals surface area contributed by atoms with Gasteiger partial charge in [-0.05, 0) is 98.4 Å². The lowest BCUT2D eigenvalue weighted by molar-refractivity contribution is 0.479. The van der Waals surface area contributed by atoms with Gasteiger partial charge in [-0.15, -0.1) is 0 Å². The molecule has 5 aromatic rings. The Kier molecular flexibility index (Phi) is 6.40. The first-order valence-electron chi connectivity index (χ1n) is 12.7. The predicted molar refractivity (Wildman–Crippen MR) is 156 cm³/mol. The molecule has 1 aliphatic rings. The minimum absolute atomic E-state index is 0.116. The third-order valence-corrected chi connectivity index (χ3v) is 7.27. The van der Waals surface area contributed by atoms with E-state index in [-0.39, 0.29) is 12.1 Å². The van der Waals surface area contributed by atoms with E-state index in [4.69, 9.17) is 21.9 Å². The van der Waals surface area contributed by atoms with Crippen molar-refractivity contribution < 1.29 is 4.74 Å². The average molecular weight is 517 g/mol. The molecule has 5 nitrogen and oxygen atoms in total. The standard InChI is InChI=1S/C32H28N4OS/c1-22-10-6-7-14-29(22)37-26-18-16-25(17-19-26)36-31(30(34-32(36)38)27-13-8-9-21-33-27)28-20-15-23(2)35(28)24-11-4-3-5-12-24/h3-21,30-31H,1-2H3,(H,34,38)/t30-,31-/m0/s1. The zero-order chi connectivity index (χ0) is 26.1. The molecule has 0 bridgehead atoms. The summed E-state index contributed by atoms with van der Waals surface area (Å²) >= 11 is 5.94. The smallest absolute Gasteiger partial charge is 0.174 e. The molecule has 0 unspecified atom stereocenters. The third kappa shape index (κ3) is 4.44. The number of aromatic nitrogens is 2. The first-order chi connectivity index (χ1) is 18.6. The fourth-order valence-corrected chi connectivity index (χ4v) is 5.47. The lowest BCUT2D eigenvalue weighted by Crippen LogP contribution is -2.30. The second kappa shape index (κ2) is 10.1. The Labute approximate surface area is 228 Å². The summed E-state index contributed by atoms with van der Waals surface area (Å²) in [6.07, 6.45) is 1.83. The highest BCUT2D eigenvalue weighted by Crippen LogP contribution is 2.43. The van der Waals surface area contributed by atoms with Gasteiger partial charge in [0.1, 0.15) is 17.5 Å². The van der Waals surface area contributed by atoms with Crippen molar-refractivity contribution in [2.24, 2.45) is 0 Å². The molecular weight excluding hydrogens is 488 g/mol. The molecule has 1 N–H and O–H groups in total. The van der Waals surface area contributed by atoms with E-state index < -0.39 is 0 Å². The number of aryl methyl sites for hydroxylation is 2. The number of para-hydroxylation sites is 2. The van der Waals surface area contributed by atoms with Crippen LogP contribution >= 0.6 is 12.2 Å². The van der Waals surface area contributed by atoms with Gasteiger partial charge >= 0.3 is 0 Å². The SMILES string of the molecule is Cc1ccccc1Oc1ccc(N2C(=S)N[C@@H](c3ccccn3)[C@@H]2c2ccc(C)n2-c2ccccc2)cc1. The fraction of sp³-hybridized carbons (Fsp3) is 0.125. The van der Waals surface area contributed by atoms with Crippen LogP contribution in [0.4, 0.5) is 5.69 Å². The number of rotatable bonds is 6. The number of benzene rings is 3. The average Bonchev–Trinajstić information content (AvgIpc) is 3.50. The van der Waals surface area contributed by atoms with Crippen LogP contribution in [0.3, 0.4) is 0 Å². The first kappa shape index (κ1) is 23.9. The van der Waals surface area contributed by atoms with Crippen molar-refractivity contribution >= 4 is 23.0 Å². The van der Waals surface area contributed by atoms with Crippen molar-refractivity contribution in [2.45, 2.75) is 25.9 Å². The number of ether oxygens (including phenoxy) is 1. The number of thiocarbonyl (C=S) groups is 1. The molecule has 38 heavy (non-hydrogen) atoms. The van der Waals surface area contributed by atoms with Crippen LogP contribution in [-0.4, -0.2) is 14.7 Å². The van der Waals surface area contributed by atoms with E-state index >= 15 is 0 Å². The Balaban J connectivity index is 1.42. The van der Waals surface area contributed by atoms with Crippen LogP contribution in [0.15, 0.2) is 115 Å². The van der Waals surface area contributed by atoms with Crippen LogP contribution in [-0.2, 0) is 0 Å². The first-order valence-corrected chi connectivity index (χ1v) is 13.1. The van der Waals surface area contributed by atoms with Gasteiger partial charge in [0.25, 0.3) is 0 Å². The second-order valence-corrected chi connectivity index (χ2v) is 9.82. The molecule has 0 amide bonds. The minimum Gasteiger partial charge on any atom is -0.457 e. The highest BCUT2D eigenvalue weighted by Gasteiger charge is 2.42. The van der Waals surface area contributed by atoms with Crippen molar-refractivity contribution in [3.63, 3.8) is 0 Å². The van der Waals surface area contributed by atoms with Gasteiger partial charge in [0, 0.05) is 29.0 Å². The highest BCUT2D eigenvalue weighted by atomic mass is 32.1. The van der Waals surface area contributed by atoms with E-state index in [9.17, 15) is 0 Å². The largest absolute Gasteiger partial charge is 0.457 e. The predicted octanol–water partition coefficient (Wildman–Crippen LogP) is 7.46. The summed E-state index contributed by atoms with van der Waals surface area (Å²) in [5.41, 5.74) is 6.44. The number of hydrogen-bond donors (Lipinski definition) is 1. The molecule has 6 heteroatoms. The van der Waals surface area contributed by atoms with Crippen LogP contribution in [0.1, 0.15) is 34.7 Å². The van der Waals surface area contributed by atoms with Crippen molar-refractivity contribution in [1.82, 2.24) is 14.9 Å². The Morgan fingerprint density at radius 3 is 2.24 bits per heavy atom. The van der Waals surface area contributed by atoms with E-state index in [1.165, 1.54) is 0 Å². The maximum atomic E-state index is 6.15. The van der Waals surface area contributed by atoms with Gasteiger partial charge < -0.3 is 19.5 Å². The van der Waals surface area contributed by atoms with E-state index in [1.807, 2.05) is 67.7 Å². The topological polar surface area (TPSA) is 42.3 Å². The maximum absolute atomic E-state index is 6.15. The van der Waals surface area contributed by atoms with Crippen LogP contribution in [0.2, 0.25) is 0 Å². The van der Waals surface area contributed by atoms with E-state index in [0.29, 0.717) is 5.11 Å². The van der Waals surface area contributed by atoms with E-state index in [1.54, 1.807) is 0 Å². The van der Waals surface area contributed by atoms with Gasteiger partial charge in [0.05, 0.1) is 11.7 Å². The van der Waals surface area contributed by atoms with Crippen LogP contribution in [0, 0.1) is 13.8 Å². The third-order valence-electron chi connectivity index (χ3n) is 6.96. The van der Waals surface area contributed by atoms with Crippen molar-refractivity contribution in [3.8, 4) is 17.2 Å². The summed E-state index contributed by atoms with van der Waals surface area (Å²) in [5, 5.41) is 4.23. The highest BCUT2D eigenvalue weighted by molar-refractivity contribution is 7.80. The van der Waals surface area contributed by atoms with Crippen molar-refractivity contribution in [3.05, 3.63) is 138 Å². The molecular formula is C32H28N4OS. The molecule has 0 saturated carbocycles. The molecule has 3 aromatic carbocycles. The molecule has 3 heterocycles. The quantitative estimate of drug-likeness (QED) is 0.237. The normalized spacial score (nSPS) is 16.9. The van der Waals surface area contributed by atoms with Crippen LogP contribution in [0.5, 0.6) is 11.5 Å². The molecule has 2 atom stereocenters. The van der Waals surface area contributed by atoms with Crippen molar-refractivity contribution in [1.29, 1.82) is 0 Å². The van der Waals surface area contributed by atoms with Gasteiger partial charge in [0.2, 0.25) is 0 Å². The second-order valence-electron chi connectivity index (χ2n) is 9.43. The van der Waals surface area contributed by atoms with Gasteiger partial charge in [-0.1, -0.05) is 42.5 Å². The molecule has 1 saturated heterocycles. The molecule has 1 fully saturated rings. The molecule has 0 spiro atoms. The summed E-state index contributed by atoms with van der Waals surface area (Å²) in [6.45, 7) is 4.18. The van der Waals surface area contributed by atoms with Gasteiger partial charge in [0.15, 0.2) is 5.11 Å². The molecule has 0 aliphatic carbocycles. The lowest BCUT2D eigenvalue weighted by atomic mass is 10.0. The summed E-state index contributed by atoms with van der Waals surface area (Å²) < 4.78 is 8.46. The molecule has 188 valence electrons. The minimum atomic E-state index is -0.122. The summed E-state index contributed by atoms with van der Waals surface area (Å²) in [5.74, 6) is 1.63. The molecule has 0 radical (unpaired) electrons. The zero-order valence-corrected chi connectivity index (χ0v) is 22.1. The zero-order valence-electron chi connectivity index (χ0n) is 21.3. The number of pyridine rings is 1. The lowest BCUT2D eigenvalue weighted by Gasteiger charge is -2.29. The van der Waals surface area contributed by atoms with E-state index in [0.717, 1.165) is 45.5 Å². The van der Waals surface area contributed by atoms with Gasteiger partial charge in [-0.25, -0.2) is 0 Å². The Morgan fingerprint density at radius 2 is 1.50 bits per heavy atom. The number of nitrogens with one attached hydrogen (secondary N) is 1. The van der Waals surface area contributed by atoms with Gasteiger partial charge in [-0.2, -0.15) is 0 Å². The monoisotopic (exact) mass is 516 g/mol. The summed E-state index contributed by atoms with van der Waals surface area (Å²) in [7, 11) is 0. The Hall–Kier alpha value is -4.42. The summed E-state index contributed by atoms with van der Waals surface area (Å²) in [6, 6.07) is 36.7. The van der Waals surface area contributed by atoms with Crippen LogP contribution in [0.25, 0.3) is 5.69 Å². The van der Waals surface area contributed by atoms with E-state index in [2.05, 4.69) is 76.3 Å². The maximum Gasteiger partial charge on any atom is 0.174 e.